The van der Waals surface area contributed by atoms with Crippen molar-refractivity contribution in [1.82, 2.24) is 15.5 Å². The highest BCUT2D eigenvalue weighted by molar-refractivity contribution is 5.86. The average Bonchev–Trinajstić information content (AvgIpc) is 2.61. The quantitative estimate of drug-likeness (QED) is 0.372. The third-order valence-corrected chi connectivity index (χ3v) is 3.53. The Kier molecular flexibility index (Phi) is 9.57. The first-order valence-electron chi connectivity index (χ1n) is 8.62. The Hall–Kier alpha value is -2.49. The molecular weight excluding hydrogens is 377 g/mol. The van der Waals surface area contributed by atoms with E-state index in [0.29, 0.717) is 24.7 Å². The first-order valence-corrected chi connectivity index (χ1v) is 8.62. The molecule has 0 aliphatic carbocycles. The van der Waals surface area contributed by atoms with E-state index in [9.17, 15) is 18.0 Å². The lowest BCUT2D eigenvalue weighted by molar-refractivity contribution is -0.153. The summed E-state index contributed by atoms with van der Waals surface area (Å²) in [5.41, 5.74) is 1.28. The number of alkyl halides is 3. The van der Waals surface area contributed by atoms with Gasteiger partial charge >= 0.3 is 6.18 Å². The molecule has 0 saturated carbocycles. The zero-order valence-electron chi connectivity index (χ0n) is 16.5. The van der Waals surface area contributed by atoms with Crippen LogP contribution in [0.5, 0.6) is 5.75 Å². The van der Waals surface area contributed by atoms with Gasteiger partial charge in [-0.3, -0.25) is 4.79 Å². The third-order valence-electron chi connectivity index (χ3n) is 3.53. The monoisotopic (exact) mass is 404 g/mol. The molecule has 0 saturated heterocycles. The number of hydrogen-bond acceptors (Lipinski definition) is 4. The molecular formula is C18H27F3N4O3. The molecule has 0 aromatic heterocycles. The summed E-state index contributed by atoms with van der Waals surface area (Å²) in [6.45, 7) is 1.36. The second kappa shape index (κ2) is 11.4. The molecule has 1 aromatic carbocycles. The molecule has 1 amide bonds. The van der Waals surface area contributed by atoms with Gasteiger partial charge in [0.2, 0.25) is 5.91 Å². The predicted molar refractivity (Wildman–Crippen MR) is 100 cm³/mol. The summed E-state index contributed by atoms with van der Waals surface area (Å²) in [5.74, 6) is 0.321. The minimum absolute atomic E-state index is 0.0249. The second-order valence-corrected chi connectivity index (χ2v) is 6.24. The lowest BCUT2D eigenvalue weighted by atomic mass is 10.1. The van der Waals surface area contributed by atoms with Gasteiger partial charge in [-0.15, -0.1) is 0 Å². The van der Waals surface area contributed by atoms with Crippen LogP contribution in [0.1, 0.15) is 11.1 Å². The highest BCUT2D eigenvalue weighted by Crippen LogP contribution is 2.24. The number of aliphatic imine (C=N–C) groups is 1. The molecule has 0 aliphatic rings. The molecule has 0 aliphatic heterocycles. The fraction of sp³-hybridized carbons (Fsp3) is 0.556. The molecule has 7 nitrogen and oxygen atoms in total. The normalized spacial score (nSPS) is 11.9. The van der Waals surface area contributed by atoms with Crippen LogP contribution < -0.4 is 15.4 Å². The SMILES string of the molecule is COCCNC(=NCc1ccc(C)cc1OCC(F)(F)F)NCC(=O)N(C)C. The molecule has 0 unspecified atom stereocenters. The van der Waals surface area contributed by atoms with Gasteiger partial charge in [0.05, 0.1) is 19.7 Å². The maximum absolute atomic E-state index is 12.5. The smallest absolute Gasteiger partial charge is 0.422 e. The van der Waals surface area contributed by atoms with E-state index in [0.717, 1.165) is 5.56 Å². The Balaban J connectivity index is 2.88. The molecule has 0 atom stereocenters. The summed E-state index contributed by atoms with van der Waals surface area (Å²) in [6, 6.07) is 4.98. The number of carbonyl (C=O) groups excluding carboxylic acids is 1. The van der Waals surface area contributed by atoms with Crippen LogP contribution in [0.25, 0.3) is 0 Å². The van der Waals surface area contributed by atoms with Gasteiger partial charge in [0.1, 0.15) is 5.75 Å². The highest BCUT2D eigenvalue weighted by atomic mass is 19.4. The van der Waals surface area contributed by atoms with Crippen molar-refractivity contribution in [2.45, 2.75) is 19.6 Å². The largest absolute Gasteiger partial charge is 0.484 e. The maximum atomic E-state index is 12.5. The lowest BCUT2D eigenvalue weighted by Crippen LogP contribution is -2.43. The molecule has 0 spiro atoms. The number of halogens is 3. The van der Waals surface area contributed by atoms with E-state index in [1.807, 2.05) is 0 Å². The van der Waals surface area contributed by atoms with Crippen molar-refractivity contribution in [3.8, 4) is 5.75 Å². The number of hydrogen-bond donors (Lipinski definition) is 2. The topological polar surface area (TPSA) is 75.2 Å². The fourth-order valence-corrected chi connectivity index (χ4v) is 2.01. The number of aryl methyl sites for hydroxylation is 1. The minimum atomic E-state index is -4.43. The van der Waals surface area contributed by atoms with Crippen molar-refractivity contribution in [2.75, 3.05) is 47.5 Å². The molecule has 0 bridgehead atoms. The van der Waals surface area contributed by atoms with Gasteiger partial charge in [-0.2, -0.15) is 13.2 Å². The minimum Gasteiger partial charge on any atom is -0.484 e. The van der Waals surface area contributed by atoms with Gasteiger partial charge in [0, 0.05) is 33.3 Å². The van der Waals surface area contributed by atoms with E-state index >= 15 is 0 Å². The summed E-state index contributed by atoms with van der Waals surface area (Å²) in [5, 5.41) is 5.88. The van der Waals surface area contributed by atoms with Crippen LogP contribution in [0.3, 0.4) is 0 Å². The number of carbonyl (C=O) groups is 1. The van der Waals surface area contributed by atoms with Crippen molar-refractivity contribution in [2.24, 2.45) is 4.99 Å². The number of ether oxygens (including phenoxy) is 2. The van der Waals surface area contributed by atoms with Crippen LogP contribution in [-0.4, -0.2) is 70.5 Å². The van der Waals surface area contributed by atoms with E-state index in [1.54, 1.807) is 40.3 Å². The average molecular weight is 404 g/mol. The maximum Gasteiger partial charge on any atom is 0.422 e. The molecule has 158 valence electrons. The Labute approximate surface area is 162 Å². The summed E-state index contributed by atoms with van der Waals surface area (Å²) >= 11 is 0. The molecule has 0 radical (unpaired) electrons. The zero-order valence-corrected chi connectivity index (χ0v) is 16.5. The van der Waals surface area contributed by atoms with Crippen molar-refractivity contribution in [3.63, 3.8) is 0 Å². The van der Waals surface area contributed by atoms with Crippen molar-refractivity contribution < 1.29 is 27.4 Å². The number of methoxy groups -OCH3 is 1. The van der Waals surface area contributed by atoms with Crippen LogP contribution in [-0.2, 0) is 16.1 Å². The molecule has 0 fully saturated rings. The zero-order chi connectivity index (χ0) is 21.2. The number of likely N-dealkylation sites (N-methyl/N-ethyl adjacent to an activating group) is 1. The molecule has 1 aromatic rings. The first kappa shape index (κ1) is 23.5. The van der Waals surface area contributed by atoms with Crippen molar-refractivity contribution in [1.29, 1.82) is 0 Å². The Bertz CT molecular complexity index is 664. The number of rotatable bonds is 9. The lowest BCUT2D eigenvalue weighted by Gasteiger charge is -2.16. The van der Waals surface area contributed by atoms with Crippen LogP contribution >= 0.6 is 0 Å². The number of nitrogens with one attached hydrogen (secondary N) is 2. The summed E-state index contributed by atoms with van der Waals surface area (Å²) in [6.07, 6.45) is -4.43. The van der Waals surface area contributed by atoms with Gasteiger partial charge < -0.3 is 25.0 Å². The van der Waals surface area contributed by atoms with E-state index in [-0.39, 0.29) is 24.7 Å². The standard InChI is InChI=1S/C18H27F3N4O3/c1-13-5-6-14(15(9-13)28-12-18(19,20)21)10-23-17(22-7-8-27-4)24-11-16(26)25(2)3/h5-6,9H,7-8,10-12H2,1-4H3,(H2,22,23,24). The summed E-state index contributed by atoms with van der Waals surface area (Å²) < 4.78 is 47.3. The van der Waals surface area contributed by atoms with E-state index in [1.165, 1.54) is 11.0 Å². The van der Waals surface area contributed by atoms with Gasteiger partial charge in [0.15, 0.2) is 12.6 Å². The molecule has 2 N–H and O–H groups in total. The van der Waals surface area contributed by atoms with Crippen LogP contribution in [0.4, 0.5) is 13.2 Å². The van der Waals surface area contributed by atoms with Gasteiger partial charge in [-0.1, -0.05) is 12.1 Å². The Morgan fingerprint density at radius 3 is 2.57 bits per heavy atom. The van der Waals surface area contributed by atoms with Gasteiger partial charge in [-0.05, 0) is 18.6 Å². The Morgan fingerprint density at radius 2 is 1.96 bits per heavy atom. The van der Waals surface area contributed by atoms with E-state index < -0.39 is 12.8 Å². The van der Waals surface area contributed by atoms with E-state index in [4.69, 9.17) is 9.47 Å². The molecule has 1 rings (SSSR count). The fourth-order valence-electron chi connectivity index (χ4n) is 2.01. The number of amides is 1. The number of nitrogens with zero attached hydrogens (tertiary/aromatic N) is 2. The summed E-state index contributed by atoms with van der Waals surface area (Å²) in [4.78, 5) is 17.5. The Morgan fingerprint density at radius 1 is 1.25 bits per heavy atom. The molecule has 0 heterocycles. The summed E-state index contributed by atoms with van der Waals surface area (Å²) in [7, 11) is 4.82. The third kappa shape index (κ3) is 9.45. The van der Waals surface area contributed by atoms with Gasteiger partial charge in [-0.25, -0.2) is 4.99 Å². The highest BCUT2D eigenvalue weighted by Gasteiger charge is 2.28. The predicted octanol–water partition coefficient (Wildman–Crippen LogP) is 1.71. The van der Waals surface area contributed by atoms with Crippen LogP contribution in [0.2, 0.25) is 0 Å². The molecule has 10 heteroatoms. The number of guanidine groups is 1. The van der Waals surface area contributed by atoms with Crippen LogP contribution in [0, 0.1) is 6.92 Å². The van der Waals surface area contributed by atoms with Crippen molar-refractivity contribution in [3.05, 3.63) is 29.3 Å². The van der Waals surface area contributed by atoms with Crippen LogP contribution in [0.15, 0.2) is 23.2 Å². The molecule has 28 heavy (non-hydrogen) atoms. The number of benzene rings is 1. The van der Waals surface area contributed by atoms with Crippen molar-refractivity contribution >= 4 is 11.9 Å². The first-order chi connectivity index (χ1) is 13.1. The second-order valence-electron chi connectivity index (χ2n) is 6.24. The van der Waals surface area contributed by atoms with E-state index in [2.05, 4.69) is 15.6 Å². The van der Waals surface area contributed by atoms with Gasteiger partial charge in [0.25, 0.3) is 0 Å².